The van der Waals surface area contributed by atoms with Crippen molar-refractivity contribution in [1.29, 1.82) is 0 Å². The van der Waals surface area contributed by atoms with Gasteiger partial charge in [-0.15, -0.1) is 11.3 Å². The average molecular weight is 379 g/mol. The molecule has 0 unspecified atom stereocenters. The predicted octanol–water partition coefficient (Wildman–Crippen LogP) is 3.79. The highest BCUT2D eigenvalue weighted by Crippen LogP contribution is 2.36. The fraction of sp³-hybridized carbons (Fsp3) is 0.526. The van der Waals surface area contributed by atoms with Crippen molar-refractivity contribution >= 4 is 34.2 Å². The summed E-state index contributed by atoms with van der Waals surface area (Å²) in [6.07, 6.45) is 4.70. The van der Waals surface area contributed by atoms with E-state index in [9.17, 15) is 19.5 Å². The minimum absolute atomic E-state index is 0.268. The molecule has 142 valence electrons. The number of aryl methyl sites for hydroxylation is 1. The van der Waals surface area contributed by atoms with Crippen LogP contribution in [0.4, 0.5) is 5.00 Å². The third-order valence-electron chi connectivity index (χ3n) is 4.43. The molecule has 2 atom stereocenters. The molecule has 0 aliphatic heterocycles. The van der Waals surface area contributed by atoms with E-state index >= 15 is 0 Å². The zero-order valence-corrected chi connectivity index (χ0v) is 16.3. The van der Waals surface area contributed by atoms with Crippen molar-refractivity contribution in [3.8, 4) is 0 Å². The Balaban J connectivity index is 2.31. The second-order valence-electron chi connectivity index (χ2n) is 6.63. The lowest BCUT2D eigenvalue weighted by molar-refractivity contribution is -0.146. The normalized spacial score (nSPS) is 19.4. The molecule has 26 heavy (non-hydrogen) atoms. The number of aliphatic carboxylic acids is 1. The van der Waals surface area contributed by atoms with Crippen molar-refractivity contribution in [3.63, 3.8) is 0 Å². The molecule has 0 radical (unpaired) electrons. The molecule has 6 nitrogen and oxygen atoms in total. The monoisotopic (exact) mass is 379 g/mol. The Kier molecular flexibility index (Phi) is 6.58. The van der Waals surface area contributed by atoms with Crippen molar-refractivity contribution in [2.75, 3.05) is 5.32 Å². The predicted molar refractivity (Wildman–Crippen MR) is 101 cm³/mol. The van der Waals surface area contributed by atoms with Crippen LogP contribution in [0.3, 0.4) is 0 Å². The van der Waals surface area contributed by atoms with Crippen LogP contribution in [0, 0.1) is 18.8 Å². The number of nitrogens with one attached hydrogen (secondary N) is 1. The lowest BCUT2D eigenvalue weighted by Crippen LogP contribution is -2.34. The molecule has 0 bridgehead atoms. The first-order valence-corrected chi connectivity index (χ1v) is 9.59. The van der Waals surface area contributed by atoms with Gasteiger partial charge in [0.1, 0.15) is 5.00 Å². The maximum atomic E-state index is 12.7. The van der Waals surface area contributed by atoms with Crippen molar-refractivity contribution < 1.29 is 24.2 Å². The SMILES string of the molecule is CCc1c(C)sc(NC(=O)[C@@H]2CC=CC[C@H]2C(=O)O)c1C(=O)OC(C)C. The van der Waals surface area contributed by atoms with E-state index < -0.39 is 23.8 Å². The molecule has 1 aliphatic carbocycles. The van der Waals surface area contributed by atoms with Gasteiger partial charge in [0, 0.05) is 4.88 Å². The van der Waals surface area contributed by atoms with E-state index in [4.69, 9.17) is 4.74 Å². The van der Waals surface area contributed by atoms with Gasteiger partial charge >= 0.3 is 11.9 Å². The van der Waals surface area contributed by atoms with Crippen molar-refractivity contribution in [3.05, 3.63) is 28.2 Å². The molecule has 0 saturated carbocycles. The van der Waals surface area contributed by atoms with Gasteiger partial charge in [0.25, 0.3) is 0 Å². The van der Waals surface area contributed by atoms with Gasteiger partial charge in [-0.25, -0.2) is 4.79 Å². The molecular weight excluding hydrogens is 354 g/mol. The van der Waals surface area contributed by atoms with Crippen molar-refractivity contribution in [2.45, 2.75) is 53.1 Å². The Morgan fingerprint density at radius 3 is 2.42 bits per heavy atom. The van der Waals surface area contributed by atoms with Crippen molar-refractivity contribution in [1.82, 2.24) is 0 Å². The number of hydrogen-bond donors (Lipinski definition) is 2. The highest BCUT2D eigenvalue weighted by Gasteiger charge is 2.35. The Labute approximate surface area is 157 Å². The summed E-state index contributed by atoms with van der Waals surface area (Å²) in [5, 5.41) is 12.6. The maximum absolute atomic E-state index is 12.7. The second kappa shape index (κ2) is 8.49. The number of ether oxygens (including phenoxy) is 1. The molecule has 1 amide bonds. The number of esters is 1. The topological polar surface area (TPSA) is 92.7 Å². The molecule has 7 heteroatoms. The Morgan fingerprint density at radius 1 is 1.27 bits per heavy atom. The van der Waals surface area contributed by atoms with Crippen LogP contribution in [-0.4, -0.2) is 29.1 Å². The second-order valence-corrected chi connectivity index (χ2v) is 7.86. The largest absolute Gasteiger partial charge is 0.481 e. The molecule has 0 spiro atoms. The number of carbonyl (C=O) groups is 3. The van der Waals surface area contributed by atoms with E-state index in [2.05, 4.69) is 5.32 Å². The first-order chi connectivity index (χ1) is 12.3. The van der Waals surface area contributed by atoms with Gasteiger partial charge in [0.05, 0.1) is 23.5 Å². The molecule has 2 rings (SSSR count). The first kappa shape index (κ1) is 20.2. The number of anilines is 1. The lowest BCUT2D eigenvalue weighted by Gasteiger charge is -2.24. The van der Waals surface area contributed by atoms with Gasteiger partial charge in [0.2, 0.25) is 5.91 Å². The van der Waals surface area contributed by atoms with Gasteiger partial charge in [0.15, 0.2) is 0 Å². The van der Waals surface area contributed by atoms with E-state index in [1.54, 1.807) is 19.9 Å². The number of amides is 1. The van der Waals surface area contributed by atoms with Crippen LogP contribution >= 0.6 is 11.3 Å². The Bertz CT molecular complexity index is 735. The molecule has 1 aromatic rings. The molecule has 1 aliphatic rings. The number of rotatable bonds is 6. The highest BCUT2D eigenvalue weighted by atomic mass is 32.1. The number of carboxylic acid groups (broad SMARTS) is 1. The summed E-state index contributed by atoms with van der Waals surface area (Å²) in [6, 6.07) is 0. The average Bonchev–Trinajstić information content (AvgIpc) is 2.89. The summed E-state index contributed by atoms with van der Waals surface area (Å²) >= 11 is 1.32. The minimum Gasteiger partial charge on any atom is -0.481 e. The molecule has 1 aromatic heterocycles. The van der Waals surface area contributed by atoms with Gasteiger partial charge in [-0.3, -0.25) is 9.59 Å². The van der Waals surface area contributed by atoms with Gasteiger partial charge in [-0.2, -0.15) is 0 Å². The highest BCUT2D eigenvalue weighted by molar-refractivity contribution is 7.16. The van der Waals surface area contributed by atoms with E-state index in [0.717, 1.165) is 10.4 Å². The standard InChI is InChI=1S/C19H25NO5S/c1-5-12-11(4)26-17(15(12)19(24)25-10(2)3)20-16(21)13-8-6-7-9-14(13)18(22)23/h6-7,10,13-14H,5,8-9H2,1-4H3,(H,20,21)(H,22,23)/t13-,14-/m1/s1. The van der Waals surface area contributed by atoms with E-state index in [-0.39, 0.29) is 12.0 Å². The number of allylic oxidation sites excluding steroid dienone is 2. The van der Waals surface area contributed by atoms with Crippen LogP contribution in [0.1, 0.15) is 54.4 Å². The Hall–Kier alpha value is -2.15. The summed E-state index contributed by atoms with van der Waals surface area (Å²) in [5.74, 6) is -3.22. The number of hydrogen-bond acceptors (Lipinski definition) is 5. The van der Waals surface area contributed by atoms with Crippen LogP contribution in [0.15, 0.2) is 12.2 Å². The zero-order valence-electron chi connectivity index (χ0n) is 15.5. The summed E-state index contributed by atoms with van der Waals surface area (Å²) in [6.45, 7) is 7.38. The fourth-order valence-electron chi connectivity index (χ4n) is 3.16. The molecule has 1 heterocycles. The van der Waals surface area contributed by atoms with Crippen molar-refractivity contribution in [2.24, 2.45) is 11.8 Å². The molecule has 0 fully saturated rings. The van der Waals surface area contributed by atoms with E-state index in [0.29, 0.717) is 29.8 Å². The van der Waals surface area contributed by atoms with Gasteiger partial charge < -0.3 is 15.2 Å². The molecular formula is C19H25NO5S. The zero-order chi connectivity index (χ0) is 19.4. The summed E-state index contributed by atoms with van der Waals surface area (Å²) in [5.41, 5.74) is 1.24. The van der Waals surface area contributed by atoms with Crippen LogP contribution in [0.2, 0.25) is 0 Å². The molecule has 0 aromatic carbocycles. The number of carboxylic acids is 1. The smallest absolute Gasteiger partial charge is 0.341 e. The van der Waals surface area contributed by atoms with Gasteiger partial charge in [-0.1, -0.05) is 19.1 Å². The first-order valence-electron chi connectivity index (χ1n) is 8.78. The lowest BCUT2D eigenvalue weighted by atomic mass is 9.82. The number of carbonyl (C=O) groups excluding carboxylic acids is 2. The van der Waals surface area contributed by atoms with E-state index in [1.165, 1.54) is 11.3 Å². The summed E-state index contributed by atoms with van der Waals surface area (Å²) < 4.78 is 5.33. The van der Waals surface area contributed by atoms with Crippen LogP contribution < -0.4 is 5.32 Å². The fourth-order valence-corrected chi connectivity index (χ4v) is 4.30. The molecule has 2 N–H and O–H groups in total. The van der Waals surface area contributed by atoms with Crippen LogP contribution in [0.25, 0.3) is 0 Å². The Morgan fingerprint density at radius 2 is 1.88 bits per heavy atom. The molecule has 0 saturated heterocycles. The quantitative estimate of drug-likeness (QED) is 0.579. The third kappa shape index (κ3) is 4.33. The van der Waals surface area contributed by atoms with E-state index in [1.807, 2.05) is 19.9 Å². The maximum Gasteiger partial charge on any atom is 0.341 e. The third-order valence-corrected chi connectivity index (χ3v) is 5.50. The van der Waals surface area contributed by atoms with Crippen LogP contribution in [-0.2, 0) is 20.7 Å². The van der Waals surface area contributed by atoms with Gasteiger partial charge in [-0.05, 0) is 45.6 Å². The number of thiophene rings is 1. The summed E-state index contributed by atoms with van der Waals surface area (Å²) in [7, 11) is 0. The minimum atomic E-state index is -0.981. The van der Waals surface area contributed by atoms with Crippen LogP contribution in [0.5, 0.6) is 0 Å². The summed E-state index contributed by atoms with van der Waals surface area (Å²) in [4.78, 5) is 37.6.